The summed E-state index contributed by atoms with van der Waals surface area (Å²) in [5.41, 5.74) is 7.47. The van der Waals surface area contributed by atoms with Crippen molar-refractivity contribution in [2.45, 2.75) is 65.0 Å². The summed E-state index contributed by atoms with van der Waals surface area (Å²) in [6.45, 7) is 8.32. The van der Waals surface area contributed by atoms with Gasteiger partial charge < -0.3 is 0 Å². The van der Waals surface area contributed by atoms with Gasteiger partial charge in [0.25, 0.3) is 0 Å². The first-order valence-corrected chi connectivity index (χ1v) is 15.3. The largest absolute Gasteiger partial charge is 0.299 e. The number of nitrogens with zero attached hydrogens (tertiary/aromatic N) is 2. The van der Waals surface area contributed by atoms with Gasteiger partial charge in [-0.05, 0) is 104 Å². The number of carbonyl (C=O) groups excluding carboxylic acids is 1. The van der Waals surface area contributed by atoms with E-state index in [0.29, 0.717) is 22.2 Å². The molecule has 1 saturated heterocycles. The molecule has 0 radical (unpaired) electrons. The standard InChI is InChI=1S/C34H40Cl2N2O.2ClH/c1-25-6-2-3-8-30(25)23-37-18-14-26(15-19-37)7-4-11-33(39)29-13-12-27-16-20-38(21-17-28(27)22-29)24-31-9-5-10-32(35)34(31)36;;/h2-3,5-6,8-10,12-13,22,26H,4,7,11,14-21,23-24H2,1H3;2*1H. The fraction of sp³-hybridized carbons (Fsp3) is 0.441. The number of piperidine rings is 1. The van der Waals surface area contributed by atoms with Gasteiger partial charge in [0, 0.05) is 38.2 Å². The highest BCUT2D eigenvalue weighted by Gasteiger charge is 2.21. The summed E-state index contributed by atoms with van der Waals surface area (Å²) in [7, 11) is 0. The second-order valence-electron chi connectivity index (χ2n) is 11.4. The second kappa shape index (κ2) is 16.3. The summed E-state index contributed by atoms with van der Waals surface area (Å²) in [6, 6.07) is 21.0. The zero-order valence-corrected chi connectivity index (χ0v) is 27.1. The summed E-state index contributed by atoms with van der Waals surface area (Å²) in [5, 5.41) is 1.26. The molecule has 7 heteroatoms. The smallest absolute Gasteiger partial charge is 0.162 e. The van der Waals surface area contributed by atoms with Gasteiger partial charge in [-0.3, -0.25) is 14.6 Å². The number of ketones is 1. The van der Waals surface area contributed by atoms with Crippen LogP contribution in [-0.4, -0.2) is 41.8 Å². The van der Waals surface area contributed by atoms with E-state index in [4.69, 9.17) is 23.2 Å². The number of rotatable bonds is 9. The molecule has 0 saturated carbocycles. The highest BCUT2D eigenvalue weighted by atomic mass is 35.5. The monoisotopic (exact) mass is 634 g/mol. The maximum atomic E-state index is 13.1. The molecule has 0 aromatic heterocycles. The SMILES string of the molecule is Cc1ccccc1CN1CCC(CCCC(=O)c2ccc3c(c2)CCN(Cc2cccc(Cl)c2Cl)CC3)CC1.Cl.Cl. The molecule has 2 aliphatic heterocycles. The average Bonchev–Trinajstić information content (AvgIpc) is 3.15. The second-order valence-corrected chi connectivity index (χ2v) is 12.2. The van der Waals surface area contributed by atoms with Gasteiger partial charge in [-0.2, -0.15) is 0 Å². The number of hydrogen-bond donors (Lipinski definition) is 0. The number of benzene rings is 3. The van der Waals surface area contributed by atoms with E-state index in [1.807, 2.05) is 12.1 Å². The third-order valence-electron chi connectivity index (χ3n) is 8.73. The molecule has 1 fully saturated rings. The summed E-state index contributed by atoms with van der Waals surface area (Å²) < 4.78 is 0. The molecular formula is C34H42Cl4N2O. The number of likely N-dealkylation sites (tertiary alicyclic amines) is 1. The summed E-state index contributed by atoms with van der Waals surface area (Å²) in [6.07, 6.45) is 7.25. The Labute approximate surface area is 268 Å². The van der Waals surface area contributed by atoms with Gasteiger partial charge in [0.05, 0.1) is 10.0 Å². The third kappa shape index (κ3) is 9.20. The van der Waals surface area contributed by atoms with Crippen LogP contribution in [0.5, 0.6) is 0 Å². The predicted molar refractivity (Wildman–Crippen MR) is 177 cm³/mol. The van der Waals surface area contributed by atoms with Crippen molar-refractivity contribution in [2.75, 3.05) is 26.2 Å². The predicted octanol–water partition coefficient (Wildman–Crippen LogP) is 9.01. The van der Waals surface area contributed by atoms with Gasteiger partial charge in [-0.1, -0.05) is 71.7 Å². The molecule has 0 atom stereocenters. The Morgan fingerprint density at radius 1 is 0.805 bits per heavy atom. The van der Waals surface area contributed by atoms with Crippen LogP contribution in [0, 0.1) is 12.8 Å². The molecule has 0 amide bonds. The molecule has 0 spiro atoms. The zero-order valence-electron chi connectivity index (χ0n) is 23.9. The van der Waals surface area contributed by atoms with Crippen molar-refractivity contribution in [3.05, 3.63) is 104 Å². The lowest BCUT2D eigenvalue weighted by molar-refractivity contribution is 0.0974. The summed E-state index contributed by atoms with van der Waals surface area (Å²) >= 11 is 12.6. The highest BCUT2D eigenvalue weighted by molar-refractivity contribution is 6.42. The van der Waals surface area contributed by atoms with Crippen LogP contribution in [0.15, 0.2) is 60.7 Å². The van der Waals surface area contributed by atoms with Crippen LogP contribution in [0.2, 0.25) is 10.0 Å². The summed E-state index contributed by atoms with van der Waals surface area (Å²) in [5.74, 6) is 1.04. The Balaban J connectivity index is 0.00000231. The molecule has 2 heterocycles. The van der Waals surface area contributed by atoms with Gasteiger partial charge >= 0.3 is 0 Å². The van der Waals surface area contributed by atoms with Crippen molar-refractivity contribution < 1.29 is 4.79 Å². The minimum absolute atomic E-state index is 0. The molecule has 0 N–H and O–H groups in total. The van der Waals surface area contributed by atoms with Crippen molar-refractivity contribution >= 4 is 53.8 Å². The fourth-order valence-corrected chi connectivity index (χ4v) is 6.55. The lowest BCUT2D eigenvalue weighted by Crippen LogP contribution is -2.33. The van der Waals surface area contributed by atoms with Gasteiger partial charge in [0.15, 0.2) is 5.78 Å². The van der Waals surface area contributed by atoms with Crippen molar-refractivity contribution in [1.82, 2.24) is 9.80 Å². The fourth-order valence-electron chi connectivity index (χ4n) is 6.17. The molecule has 3 nitrogen and oxygen atoms in total. The highest BCUT2D eigenvalue weighted by Crippen LogP contribution is 2.28. The van der Waals surface area contributed by atoms with Crippen LogP contribution in [0.1, 0.15) is 70.3 Å². The Kier molecular flexibility index (Phi) is 13.5. The minimum atomic E-state index is 0. The van der Waals surface area contributed by atoms with E-state index in [0.717, 1.165) is 82.0 Å². The number of hydrogen-bond acceptors (Lipinski definition) is 3. The van der Waals surface area contributed by atoms with E-state index in [9.17, 15) is 4.79 Å². The number of carbonyl (C=O) groups is 1. The molecule has 3 aromatic carbocycles. The number of aryl methyl sites for hydroxylation is 1. The Morgan fingerprint density at radius 2 is 1.46 bits per heavy atom. The number of halogens is 4. The average molecular weight is 637 g/mol. The van der Waals surface area contributed by atoms with Crippen LogP contribution in [0.4, 0.5) is 0 Å². The van der Waals surface area contributed by atoms with E-state index in [2.05, 4.69) is 65.3 Å². The van der Waals surface area contributed by atoms with Crippen molar-refractivity contribution in [1.29, 1.82) is 0 Å². The zero-order chi connectivity index (χ0) is 27.2. The lowest BCUT2D eigenvalue weighted by Gasteiger charge is -2.32. The van der Waals surface area contributed by atoms with Gasteiger partial charge in [0.1, 0.15) is 0 Å². The molecule has 0 aliphatic carbocycles. The van der Waals surface area contributed by atoms with Crippen LogP contribution in [-0.2, 0) is 25.9 Å². The number of fused-ring (bicyclic) bond motifs is 1. The van der Waals surface area contributed by atoms with Gasteiger partial charge in [-0.15, -0.1) is 24.8 Å². The molecule has 222 valence electrons. The Hall–Kier alpha value is -1.59. The van der Waals surface area contributed by atoms with Gasteiger partial charge in [0.2, 0.25) is 0 Å². The maximum Gasteiger partial charge on any atom is 0.162 e. The molecule has 0 unspecified atom stereocenters. The van der Waals surface area contributed by atoms with E-state index in [-0.39, 0.29) is 24.8 Å². The molecular weight excluding hydrogens is 594 g/mol. The van der Waals surface area contributed by atoms with Crippen molar-refractivity contribution in [3.8, 4) is 0 Å². The van der Waals surface area contributed by atoms with E-state index in [1.165, 1.54) is 35.1 Å². The first kappa shape index (κ1) is 33.9. The third-order valence-corrected chi connectivity index (χ3v) is 9.59. The Morgan fingerprint density at radius 3 is 2.22 bits per heavy atom. The van der Waals surface area contributed by atoms with Crippen molar-refractivity contribution in [2.24, 2.45) is 5.92 Å². The van der Waals surface area contributed by atoms with Crippen LogP contribution < -0.4 is 0 Å². The van der Waals surface area contributed by atoms with E-state index in [1.54, 1.807) is 0 Å². The van der Waals surface area contributed by atoms with E-state index >= 15 is 0 Å². The molecule has 0 bridgehead atoms. The van der Waals surface area contributed by atoms with Crippen LogP contribution in [0.3, 0.4) is 0 Å². The topological polar surface area (TPSA) is 23.6 Å². The number of Topliss-reactive ketones (excluding diaryl/α,β-unsaturated/α-hetero) is 1. The lowest BCUT2D eigenvalue weighted by atomic mass is 9.90. The minimum Gasteiger partial charge on any atom is -0.299 e. The molecule has 2 aliphatic rings. The first-order valence-electron chi connectivity index (χ1n) is 14.5. The normalized spacial score (nSPS) is 16.3. The van der Waals surface area contributed by atoms with Crippen LogP contribution in [0.25, 0.3) is 0 Å². The van der Waals surface area contributed by atoms with Crippen LogP contribution >= 0.6 is 48.0 Å². The van der Waals surface area contributed by atoms with Gasteiger partial charge in [-0.25, -0.2) is 0 Å². The Bertz CT molecular complexity index is 1290. The quantitative estimate of drug-likeness (QED) is 0.219. The molecule has 5 rings (SSSR count). The first-order chi connectivity index (χ1) is 19.0. The van der Waals surface area contributed by atoms with Crippen molar-refractivity contribution in [3.63, 3.8) is 0 Å². The molecule has 3 aromatic rings. The van der Waals surface area contributed by atoms with E-state index < -0.39 is 0 Å². The molecule has 41 heavy (non-hydrogen) atoms. The maximum absolute atomic E-state index is 13.1. The summed E-state index contributed by atoms with van der Waals surface area (Å²) in [4.78, 5) is 18.1.